The van der Waals surface area contributed by atoms with Crippen LogP contribution in [-0.2, 0) is 12.8 Å². The molecule has 1 aromatic heterocycles. The van der Waals surface area contributed by atoms with E-state index in [2.05, 4.69) is 41.2 Å². The van der Waals surface area contributed by atoms with Crippen molar-refractivity contribution in [3.63, 3.8) is 0 Å². The fourth-order valence-electron chi connectivity index (χ4n) is 1.86. The zero-order valence-corrected chi connectivity index (χ0v) is 16.2. The van der Waals surface area contributed by atoms with E-state index < -0.39 is 0 Å². The van der Waals surface area contributed by atoms with E-state index in [1.54, 1.807) is 5.56 Å². The number of rotatable bonds is 1. The largest absolute Gasteiger partial charge is 0.337 e. The summed E-state index contributed by atoms with van der Waals surface area (Å²) in [7, 11) is 0. The van der Waals surface area contributed by atoms with E-state index in [0.717, 1.165) is 12.1 Å². The lowest BCUT2D eigenvalue weighted by Gasteiger charge is -2.13. The van der Waals surface area contributed by atoms with Crippen LogP contribution < -0.4 is 0 Å². The van der Waals surface area contributed by atoms with E-state index in [4.69, 9.17) is 12.2 Å². The molecule has 0 atom stereocenters. The number of imidazole rings is 1. The molecule has 124 valence electrons. The van der Waals surface area contributed by atoms with Gasteiger partial charge in [-0.15, -0.1) is 11.8 Å². The van der Waals surface area contributed by atoms with Crippen molar-refractivity contribution < 1.29 is 0 Å². The van der Waals surface area contributed by atoms with Crippen LogP contribution in [0.3, 0.4) is 0 Å². The third kappa shape index (κ3) is 7.85. The van der Waals surface area contributed by atoms with E-state index >= 15 is 0 Å². The van der Waals surface area contributed by atoms with Crippen molar-refractivity contribution in [2.75, 3.05) is 5.75 Å². The zero-order valence-electron chi connectivity index (χ0n) is 14.5. The van der Waals surface area contributed by atoms with Crippen LogP contribution in [0.25, 0.3) is 0 Å². The maximum Gasteiger partial charge on any atom is 0.174 e. The molecule has 0 aliphatic carbocycles. The molecule has 22 heavy (non-hydrogen) atoms. The van der Waals surface area contributed by atoms with Crippen molar-refractivity contribution >= 4 is 24.0 Å². The number of aryl methyl sites for hydroxylation is 2. The molecule has 0 amide bonds. The Kier molecular flexibility index (Phi) is 13.0. The van der Waals surface area contributed by atoms with Crippen LogP contribution in [0.5, 0.6) is 0 Å². The van der Waals surface area contributed by atoms with Gasteiger partial charge >= 0.3 is 0 Å². The minimum Gasteiger partial charge on any atom is -0.337 e. The Morgan fingerprint density at radius 1 is 1.14 bits per heavy atom. The van der Waals surface area contributed by atoms with E-state index in [-0.39, 0.29) is 0 Å². The average molecular weight is 339 g/mol. The van der Waals surface area contributed by atoms with Gasteiger partial charge in [-0.25, -0.2) is 0 Å². The minimum absolute atomic E-state index is 0.710. The predicted molar refractivity (Wildman–Crippen MR) is 104 cm³/mol. The van der Waals surface area contributed by atoms with E-state index in [1.807, 2.05) is 45.7 Å². The first kappa shape index (κ1) is 21.0. The summed E-state index contributed by atoms with van der Waals surface area (Å²) in [5, 5.41) is 0. The molecule has 2 nitrogen and oxygen atoms in total. The van der Waals surface area contributed by atoms with Gasteiger partial charge in [-0.05, 0) is 48.9 Å². The highest BCUT2D eigenvalue weighted by atomic mass is 32.2. The SMILES string of the molecule is CC.CC.CCc1c[nH]c(=S)[nH]1.c1ccc2c(c1)CCCS2. The van der Waals surface area contributed by atoms with Gasteiger partial charge in [0, 0.05) is 16.8 Å². The first-order valence-corrected chi connectivity index (χ1v) is 9.66. The average Bonchev–Trinajstić information content (AvgIpc) is 3.05. The first-order valence-electron chi connectivity index (χ1n) is 8.27. The second-order valence-electron chi connectivity index (χ2n) is 4.18. The van der Waals surface area contributed by atoms with Crippen LogP contribution in [0.15, 0.2) is 35.4 Å². The van der Waals surface area contributed by atoms with Crippen molar-refractivity contribution in [2.24, 2.45) is 0 Å². The summed E-state index contributed by atoms with van der Waals surface area (Å²) in [4.78, 5) is 7.36. The smallest absolute Gasteiger partial charge is 0.174 e. The summed E-state index contributed by atoms with van der Waals surface area (Å²) < 4.78 is 0.710. The Morgan fingerprint density at radius 3 is 2.32 bits per heavy atom. The van der Waals surface area contributed by atoms with Crippen molar-refractivity contribution in [3.8, 4) is 0 Å². The van der Waals surface area contributed by atoms with Gasteiger partial charge in [0.1, 0.15) is 0 Å². The van der Waals surface area contributed by atoms with Crippen LogP contribution in [-0.4, -0.2) is 15.7 Å². The fourth-order valence-corrected chi connectivity index (χ4v) is 3.09. The van der Waals surface area contributed by atoms with Gasteiger partial charge in [0.25, 0.3) is 0 Å². The standard InChI is InChI=1S/C9H10S.C5H8N2S.2C2H6/c1-2-6-9-8(4-1)5-3-7-10-9;1-2-4-3-6-5(8)7-4;2*1-2/h1-2,4,6H,3,5,7H2;3H,2H2,1H3,(H2,6,7,8);2*1-2H3. The molecule has 2 aromatic rings. The number of aromatic amines is 2. The second-order valence-corrected chi connectivity index (χ2v) is 5.73. The highest BCUT2D eigenvalue weighted by molar-refractivity contribution is 7.99. The number of fused-ring (bicyclic) bond motifs is 1. The van der Waals surface area contributed by atoms with Gasteiger partial charge in [-0.1, -0.05) is 52.8 Å². The maximum absolute atomic E-state index is 4.79. The third-order valence-electron chi connectivity index (χ3n) is 2.85. The van der Waals surface area contributed by atoms with E-state index in [1.165, 1.54) is 23.5 Å². The topological polar surface area (TPSA) is 31.6 Å². The van der Waals surface area contributed by atoms with E-state index in [9.17, 15) is 0 Å². The molecule has 4 heteroatoms. The van der Waals surface area contributed by atoms with Gasteiger partial charge in [0.15, 0.2) is 4.77 Å². The lowest BCUT2D eigenvalue weighted by Crippen LogP contribution is -1.96. The molecule has 1 aromatic carbocycles. The summed E-state index contributed by atoms with van der Waals surface area (Å²) in [6.07, 6.45) is 5.53. The van der Waals surface area contributed by atoms with Crippen molar-refractivity contribution in [2.45, 2.75) is 58.8 Å². The molecular weight excluding hydrogens is 308 g/mol. The summed E-state index contributed by atoms with van der Waals surface area (Å²) in [6, 6.07) is 8.71. The maximum atomic E-state index is 4.79. The molecule has 0 bridgehead atoms. The lowest BCUT2D eigenvalue weighted by molar-refractivity contribution is 0.890. The molecule has 1 aliphatic heterocycles. The number of thioether (sulfide) groups is 1. The van der Waals surface area contributed by atoms with Crippen LogP contribution in [0.4, 0.5) is 0 Å². The Hall–Kier alpha value is -1.00. The van der Waals surface area contributed by atoms with Crippen LogP contribution >= 0.6 is 24.0 Å². The third-order valence-corrected chi connectivity index (χ3v) is 4.28. The lowest BCUT2D eigenvalue weighted by atomic mass is 10.1. The molecule has 0 saturated carbocycles. The predicted octanol–water partition coefficient (Wildman–Crippen LogP) is 6.41. The monoisotopic (exact) mass is 338 g/mol. The van der Waals surface area contributed by atoms with Crippen molar-refractivity contribution in [3.05, 3.63) is 46.5 Å². The number of nitrogens with one attached hydrogen (secondary N) is 2. The molecule has 0 spiro atoms. The molecule has 0 unspecified atom stereocenters. The van der Waals surface area contributed by atoms with Gasteiger partial charge in [-0.2, -0.15) is 0 Å². The molecule has 1 aliphatic rings. The summed E-state index contributed by atoms with van der Waals surface area (Å²) in [6.45, 7) is 10.1. The Morgan fingerprint density at radius 2 is 1.82 bits per heavy atom. The summed E-state index contributed by atoms with van der Waals surface area (Å²) in [5.41, 5.74) is 2.70. The summed E-state index contributed by atoms with van der Waals surface area (Å²) in [5.74, 6) is 1.30. The number of benzene rings is 1. The highest BCUT2D eigenvalue weighted by Gasteiger charge is 2.06. The van der Waals surface area contributed by atoms with Crippen molar-refractivity contribution in [1.29, 1.82) is 0 Å². The summed E-state index contributed by atoms with van der Waals surface area (Å²) >= 11 is 6.78. The Labute approximate surface area is 145 Å². The molecule has 3 rings (SSSR count). The Balaban J connectivity index is 0.000000333. The highest BCUT2D eigenvalue weighted by Crippen LogP contribution is 2.28. The molecular formula is C18H30N2S2. The van der Waals surface area contributed by atoms with Gasteiger partial charge in [-0.3, -0.25) is 0 Å². The van der Waals surface area contributed by atoms with Gasteiger partial charge in [0.2, 0.25) is 0 Å². The number of aromatic nitrogens is 2. The second kappa shape index (κ2) is 13.6. The number of H-pyrrole nitrogens is 2. The van der Waals surface area contributed by atoms with Crippen LogP contribution in [0, 0.1) is 4.77 Å². The van der Waals surface area contributed by atoms with Crippen molar-refractivity contribution in [1.82, 2.24) is 9.97 Å². The van der Waals surface area contributed by atoms with Gasteiger partial charge < -0.3 is 9.97 Å². The van der Waals surface area contributed by atoms with E-state index in [0.29, 0.717) is 4.77 Å². The van der Waals surface area contributed by atoms with Gasteiger partial charge in [0.05, 0.1) is 0 Å². The minimum atomic E-state index is 0.710. The zero-order chi connectivity index (χ0) is 16.8. The number of hydrogen-bond acceptors (Lipinski definition) is 2. The molecule has 0 radical (unpaired) electrons. The number of hydrogen-bond donors (Lipinski definition) is 2. The molecule has 2 N–H and O–H groups in total. The molecule has 0 fully saturated rings. The normalized spacial score (nSPS) is 11.5. The molecule has 0 saturated heterocycles. The van der Waals surface area contributed by atoms with Crippen LogP contribution in [0.1, 0.15) is 52.3 Å². The molecule has 2 heterocycles. The van der Waals surface area contributed by atoms with Crippen LogP contribution in [0.2, 0.25) is 0 Å². The Bertz CT molecular complexity index is 519. The quantitative estimate of drug-likeness (QED) is 0.588. The fraction of sp³-hybridized carbons (Fsp3) is 0.500. The first-order chi connectivity index (χ1) is 10.8.